The van der Waals surface area contributed by atoms with Crippen LogP contribution < -0.4 is 20.1 Å². The molecular formula is C22H22Cl2N4O4. The Bertz CT molecular complexity index is 1150. The Labute approximate surface area is 195 Å². The van der Waals surface area contributed by atoms with E-state index in [0.29, 0.717) is 46.3 Å². The van der Waals surface area contributed by atoms with Gasteiger partial charge in [0.1, 0.15) is 11.5 Å². The normalized spacial score (nSPS) is 17.9. The van der Waals surface area contributed by atoms with E-state index in [4.69, 9.17) is 37.4 Å². The van der Waals surface area contributed by atoms with Gasteiger partial charge in [-0.15, -0.1) is 0 Å². The van der Waals surface area contributed by atoms with Crippen molar-refractivity contribution in [1.29, 1.82) is 0 Å². The maximum atomic E-state index is 11.4. The first-order valence-electron chi connectivity index (χ1n) is 9.89. The Morgan fingerprint density at radius 2 is 1.78 bits per heavy atom. The zero-order valence-corrected chi connectivity index (χ0v) is 19.3. The Hall–Kier alpha value is -2.81. The fraction of sp³-hybridized carbons (Fsp3) is 0.318. The van der Waals surface area contributed by atoms with Crippen LogP contribution in [-0.4, -0.2) is 55.4 Å². The molecule has 2 atom stereocenters. The number of hydrogen-bond donors (Lipinski definition) is 2. The molecule has 0 saturated carbocycles. The largest absolute Gasteiger partial charge is 0.495 e. The lowest BCUT2D eigenvalue weighted by Crippen LogP contribution is -2.45. The molecule has 1 fully saturated rings. The van der Waals surface area contributed by atoms with Crippen LogP contribution in [0, 0.1) is 0 Å². The number of fused-ring (bicyclic) bond motifs is 1. The van der Waals surface area contributed by atoms with E-state index in [9.17, 15) is 4.79 Å². The van der Waals surface area contributed by atoms with Crippen LogP contribution in [-0.2, 0) is 9.53 Å². The van der Waals surface area contributed by atoms with Gasteiger partial charge >= 0.3 is 0 Å². The number of aromatic nitrogens is 2. The van der Waals surface area contributed by atoms with Crippen LogP contribution in [0.4, 0.5) is 5.95 Å². The lowest BCUT2D eigenvalue weighted by atomic mass is 10.0. The summed E-state index contributed by atoms with van der Waals surface area (Å²) in [6.45, 7) is 2.38. The molecule has 32 heavy (non-hydrogen) atoms. The quantitative estimate of drug-likeness (QED) is 0.556. The predicted octanol–water partition coefficient (Wildman–Crippen LogP) is 3.94. The average Bonchev–Trinajstić information content (AvgIpc) is 3.19. The lowest BCUT2D eigenvalue weighted by Gasteiger charge is -2.19. The van der Waals surface area contributed by atoms with Crippen molar-refractivity contribution in [3.63, 3.8) is 0 Å². The Kier molecular flexibility index (Phi) is 6.55. The highest BCUT2D eigenvalue weighted by atomic mass is 35.5. The van der Waals surface area contributed by atoms with Crippen molar-refractivity contribution in [2.75, 3.05) is 32.8 Å². The Balaban J connectivity index is 1.65. The van der Waals surface area contributed by atoms with Crippen molar-refractivity contribution in [1.82, 2.24) is 15.3 Å². The van der Waals surface area contributed by atoms with Crippen molar-refractivity contribution in [2.45, 2.75) is 19.0 Å². The van der Waals surface area contributed by atoms with Crippen molar-refractivity contribution in [2.24, 2.45) is 0 Å². The summed E-state index contributed by atoms with van der Waals surface area (Å²) in [6.07, 6.45) is 1.72. The van der Waals surface area contributed by atoms with Crippen LogP contribution in [0.2, 0.25) is 10.0 Å². The fourth-order valence-corrected chi connectivity index (χ4v) is 4.38. The molecule has 2 N–H and O–H groups in total. The van der Waals surface area contributed by atoms with E-state index < -0.39 is 0 Å². The molecule has 10 heteroatoms. The molecule has 4 rings (SSSR count). The number of hydrogen-bond acceptors (Lipinski definition) is 7. The van der Waals surface area contributed by atoms with Gasteiger partial charge in [-0.1, -0.05) is 29.3 Å². The third-order valence-corrected chi connectivity index (χ3v) is 5.98. The molecule has 1 saturated heterocycles. The van der Waals surface area contributed by atoms with E-state index in [1.54, 1.807) is 12.3 Å². The molecule has 0 aliphatic carbocycles. The molecule has 1 aliphatic rings. The first kappa shape index (κ1) is 22.4. The van der Waals surface area contributed by atoms with Gasteiger partial charge in [0.25, 0.3) is 0 Å². The first-order valence-corrected chi connectivity index (χ1v) is 10.7. The molecule has 2 aromatic carbocycles. The Morgan fingerprint density at radius 3 is 2.44 bits per heavy atom. The van der Waals surface area contributed by atoms with E-state index in [-0.39, 0.29) is 18.0 Å². The van der Waals surface area contributed by atoms with E-state index >= 15 is 0 Å². The number of carbonyl (C=O) groups excluding carboxylic acids is 1. The maximum Gasteiger partial charge on any atom is 0.223 e. The molecule has 2 unspecified atom stereocenters. The van der Waals surface area contributed by atoms with Crippen LogP contribution >= 0.6 is 23.2 Å². The van der Waals surface area contributed by atoms with E-state index in [2.05, 4.69) is 20.6 Å². The molecule has 168 valence electrons. The standard InChI is InChI=1S/C22H22Cl2N4O4/c1-11(29)26-15-9-32-10-16(15)28-22-25-8-13-6-12(4-5-14(13)27-22)19-20(23)17(30-2)7-18(31-3)21(19)24/h4-8,15-16H,9-10H2,1-3H3,(H,26,29)(H,25,27,28). The highest BCUT2D eigenvalue weighted by molar-refractivity contribution is 6.41. The van der Waals surface area contributed by atoms with Crippen LogP contribution in [0.3, 0.4) is 0 Å². The summed E-state index contributed by atoms with van der Waals surface area (Å²) >= 11 is 13.1. The highest BCUT2D eigenvalue weighted by Crippen LogP contribution is 2.46. The number of anilines is 1. The monoisotopic (exact) mass is 476 g/mol. The summed E-state index contributed by atoms with van der Waals surface area (Å²) < 4.78 is 16.2. The maximum absolute atomic E-state index is 11.4. The van der Waals surface area contributed by atoms with E-state index in [0.717, 1.165) is 16.5 Å². The SMILES string of the molecule is COc1cc(OC)c(Cl)c(-c2ccc3nc(NC4COCC4NC(C)=O)ncc3c2)c1Cl. The number of nitrogens with zero attached hydrogens (tertiary/aromatic N) is 2. The third kappa shape index (κ3) is 4.39. The number of halogens is 2. The summed E-state index contributed by atoms with van der Waals surface area (Å²) in [7, 11) is 3.07. The van der Waals surface area contributed by atoms with E-state index in [1.165, 1.54) is 21.1 Å². The minimum atomic E-state index is -0.138. The molecule has 8 nitrogen and oxygen atoms in total. The predicted molar refractivity (Wildman–Crippen MR) is 124 cm³/mol. The van der Waals surface area contributed by atoms with Crippen molar-refractivity contribution in [3.8, 4) is 22.6 Å². The molecule has 0 radical (unpaired) electrons. The second-order valence-corrected chi connectivity index (χ2v) is 8.10. The smallest absolute Gasteiger partial charge is 0.223 e. The number of amides is 1. The number of nitrogens with one attached hydrogen (secondary N) is 2. The van der Waals surface area contributed by atoms with Gasteiger partial charge in [0.2, 0.25) is 11.9 Å². The number of benzene rings is 2. The van der Waals surface area contributed by atoms with Crippen molar-refractivity contribution < 1.29 is 19.0 Å². The molecule has 1 aromatic heterocycles. The fourth-order valence-electron chi connectivity index (χ4n) is 3.66. The number of ether oxygens (including phenoxy) is 3. The van der Waals surface area contributed by atoms with Gasteiger partial charge in [-0.25, -0.2) is 9.97 Å². The second kappa shape index (κ2) is 9.36. The minimum absolute atomic E-state index is 0.106. The van der Waals surface area contributed by atoms with E-state index in [1.807, 2.05) is 18.2 Å². The molecule has 0 spiro atoms. The van der Waals surface area contributed by atoms with Crippen LogP contribution in [0.25, 0.3) is 22.0 Å². The molecule has 2 heterocycles. The number of rotatable bonds is 6. The van der Waals surface area contributed by atoms with Gasteiger partial charge in [0.05, 0.1) is 55.1 Å². The second-order valence-electron chi connectivity index (χ2n) is 7.35. The minimum Gasteiger partial charge on any atom is -0.495 e. The summed E-state index contributed by atoms with van der Waals surface area (Å²) in [5.74, 6) is 1.28. The van der Waals surface area contributed by atoms with Crippen LogP contribution in [0.1, 0.15) is 6.92 Å². The molecule has 1 amide bonds. The molecular weight excluding hydrogens is 455 g/mol. The summed E-state index contributed by atoms with van der Waals surface area (Å²) in [4.78, 5) is 20.4. The van der Waals surface area contributed by atoms with Crippen LogP contribution in [0.15, 0.2) is 30.5 Å². The summed E-state index contributed by atoms with van der Waals surface area (Å²) in [5.41, 5.74) is 2.13. The van der Waals surface area contributed by atoms with Gasteiger partial charge in [-0.3, -0.25) is 4.79 Å². The first-order chi connectivity index (χ1) is 15.4. The Morgan fingerprint density at radius 1 is 1.09 bits per heavy atom. The highest BCUT2D eigenvalue weighted by Gasteiger charge is 2.29. The zero-order valence-electron chi connectivity index (χ0n) is 17.7. The van der Waals surface area contributed by atoms with Gasteiger partial charge in [0, 0.05) is 30.1 Å². The number of methoxy groups -OCH3 is 2. The van der Waals surface area contributed by atoms with Crippen molar-refractivity contribution >= 4 is 46.0 Å². The molecule has 3 aromatic rings. The molecule has 0 bridgehead atoms. The van der Waals surface area contributed by atoms with Crippen molar-refractivity contribution in [3.05, 3.63) is 40.5 Å². The number of carbonyl (C=O) groups is 1. The van der Waals surface area contributed by atoms with Gasteiger partial charge in [0.15, 0.2) is 0 Å². The summed E-state index contributed by atoms with van der Waals surface area (Å²) in [5, 5.41) is 7.71. The van der Waals surface area contributed by atoms with Gasteiger partial charge < -0.3 is 24.8 Å². The topological polar surface area (TPSA) is 94.6 Å². The van der Waals surface area contributed by atoms with Gasteiger partial charge in [-0.05, 0) is 17.7 Å². The third-order valence-electron chi connectivity index (χ3n) is 5.23. The summed E-state index contributed by atoms with van der Waals surface area (Å²) in [6, 6.07) is 7.05. The van der Waals surface area contributed by atoms with Gasteiger partial charge in [-0.2, -0.15) is 0 Å². The zero-order chi connectivity index (χ0) is 22.8. The molecule has 1 aliphatic heterocycles. The lowest BCUT2D eigenvalue weighted by molar-refractivity contribution is -0.119. The van der Waals surface area contributed by atoms with Crippen LogP contribution in [0.5, 0.6) is 11.5 Å². The average molecular weight is 477 g/mol.